The van der Waals surface area contributed by atoms with E-state index in [0.29, 0.717) is 6.54 Å². The highest BCUT2D eigenvalue weighted by atomic mass is 16.3. The van der Waals surface area contributed by atoms with E-state index in [0.717, 1.165) is 28.1 Å². The summed E-state index contributed by atoms with van der Waals surface area (Å²) in [5.74, 6) is 0.848. The molecule has 0 aliphatic heterocycles. The first kappa shape index (κ1) is 12.7. The first-order valence-corrected chi connectivity index (χ1v) is 6.62. The highest BCUT2D eigenvalue weighted by Gasteiger charge is 2.06. The number of fused-ring (bicyclic) bond motifs is 1. The van der Waals surface area contributed by atoms with E-state index < -0.39 is 0 Å². The van der Waals surface area contributed by atoms with Crippen LogP contribution in [-0.2, 0) is 20.2 Å². The molecule has 0 unspecified atom stereocenters. The van der Waals surface area contributed by atoms with Crippen molar-refractivity contribution in [2.24, 2.45) is 7.05 Å². The Morgan fingerprint density at radius 3 is 2.70 bits per heavy atom. The van der Waals surface area contributed by atoms with Crippen LogP contribution in [0.5, 0.6) is 0 Å². The van der Waals surface area contributed by atoms with Gasteiger partial charge in [0.05, 0.1) is 17.6 Å². The van der Waals surface area contributed by atoms with Crippen molar-refractivity contribution in [2.75, 3.05) is 5.32 Å². The van der Waals surface area contributed by atoms with Crippen molar-refractivity contribution in [1.82, 2.24) is 9.55 Å². The fourth-order valence-corrected chi connectivity index (χ4v) is 2.32. The van der Waals surface area contributed by atoms with Crippen molar-refractivity contribution >= 4 is 17.0 Å². The Hall–Kier alpha value is -2.33. The minimum atomic E-state index is 0.0696. The molecule has 3 aromatic rings. The highest BCUT2D eigenvalue weighted by molar-refractivity contribution is 5.78. The number of aromatic nitrogens is 2. The Kier molecular flexibility index (Phi) is 3.39. The molecular weight excluding hydrogens is 250 g/mol. The summed E-state index contributed by atoms with van der Waals surface area (Å²) in [7, 11) is 2.00. The molecule has 1 heterocycles. The molecular formula is C16H17N3O. The second-order valence-corrected chi connectivity index (χ2v) is 4.81. The third kappa shape index (κ3) is 2.38. The van der Waals surface area contributed by atoms with Crippen LogP contribution in [0.15, 0.2) is 48.5 Å². The topological polar surface area (TPSA) is 50.1 Å². The number of hydrogen-bond donors (Lipinski definition) is 2. The molecule has 0 bridgehead atoms. The van der Waals surface area contributed by atoms with Gasteiger partial charge in [-0.05, 0) is 23.3 Å². The number of benzene rings is 2. The number of para-hydroxylation sites is 2. The minimum Gasteiger partial charge on any atom is -0.392 e. The molecule has 0 amide bonds. The first-order chi connectivity index (χ1) is 9.78. The SMILES string of the molecule is Cn1c(NCc2cccc(CO)c2)nc2ccccc21. The minimum absolute atomic E-state index is 0.0696. The molecule has 20 heavy (non-hydrogen) atoms. The van der Waals surface area contributed by atoms with E-state index in [1.807, 2.05) is 54.1 Å². The van der Waals surface area contributed by atoms with Gasteiger partial charge in [-0.3, -0.25) is 0 Å². The molecule has 0 aliphatic rings. The lowest BCUT2D eigenvalue weighted by atomic mass is 10.1. The summed E-state index contributed by atoms with van der Waals surface area (Å²) < 4.78 is 2.05. The molecule has 4 heteroatoms. The summed E-state index contributed by atoms with van der Waals surface area (Å²) >= 11 is 0. The van der Waals surface area contributed by atoms with Crippen molar-refractivity contribution in [1.29, 1.82) is 0 Å². The molecule has 4 nitrogen and oxygen atoms in total. The molecule has 0 aliphatic carbocycles. The molecule has 0 fully saturated rings. The van der Waals surface area contributed by atoms with Gasteiger partial charge in [-0.2, -0.15) is 0 Å². The number of imidazole rings is 1. The number of aliphatic hydroxyl groups is 1. The van der Waals surface area contributed by atoms with Crippen LogP contribution in [-0.4, -0.2) is 14.7 Å². The van der Waals surface area contributed by atoms with Gasteiger partial charge in [0.2, 0.25) is 5.95 Å². The molecule has 0 spiro atoms. The van der Waals surface area contributed by atoms with Crippen LogP contribution >= 0.6 is 0 Å². The van der Waals surface area contributed by atoms with E-state index in [1.165, 1.54) is 0 Å². The average Bonchev–Trinajstić information content (AvgIpc) is 2.82. The molecule has 0 radical (unpaired) electrons. The van der Waals surface area contributed by atoms with Crippen molar-refractivity contribution in [3.63, 3.8) is 0 Å². The van der Waals surface area contributed by atoms with Gasteiger partial charge in [-0.25, -0.2) is 4.98 Å². The first-order valence-electron chi connectivity index (χ1n) is 6.62. The van der Waals surface area contributed by atoms with Gasteiger partial charge in [0.15, 0.2) is 0 Å². The predicted molar refractivity (Wildman–Crippen MR) is 80.4 cm³/mol. The van der Waals surface area contributed by atoms with Crippen LogP contribution in [0.4, 0.5) is 5.95 Å². The zero-order chi connectivity index (χ0) is 13.9. The second-order valence-electron chi connectivity index (χ2n) is 4.81. The molecule has 2 N–H and O–H groups in total. The summed E-state index contributed by atoms with van der Waals surface area (Å²) in [6.07, 6.45) is 0. The summed E-state index contributed by atoms with van der Waals surface area (Å²) in [4.78, 5) is 4.57. The van der Waals surface area contributed by atoms with Crippen LogP contribution in [0.3, 0.4) is 0 Å². The Balaban J connectivity index is 1.81. The Bertz CT molecular complexity index is 733. The summed E-state index contributed by atoms with van der Waals surface area (Å²) in [6, 6.07) is 16.0. The zero-order valence-corrected chi connectivity index (χ0v) is 11.4. The lowest BCUT2D eigenvalue weighted by Crippen LogP contribution is -2.05. The van der Waals surface area contributed by atoms with Crippen LogP contribution in [0, 0.1) is 0 Å². The van der Waals surface area contributed by atoms with E-state index in [1.54, 1.807) is 0 Å². The standard InChI is InChI=1S/C16H17N3O/c1-19-15-8-3-2-7-14(15)18-16(19)17-10-12-5-4-6-13(9-12)11-20/h2-9,20H,10-11H2,1H3,(H,17,18). The van der Waals surface area contributed by atoms with E-state index in [2.05, 4.69) is 16.4 Å². The van der Waals surface area contributed by atoms with Gasteiger partial charge < -0.3 is 15.0 Å². The maximum Gasteiger partial charge on any atom is 0.203 e. The lowest BCUT2D eigenvalue weighted by Gasteiger charge is -2.07. The number of aryl methyl sites for hydroxylation is 1. The average molecular weight is 267 g/mol. The largest absolute Gasteiger partial charge is 0.392 e. The van der Waals surface area contributed by atoms with E-state index in [-0.39, 0.29) is 6.61 Å². The number of nitrogens with one attached hydrogen (secondary N) is 1. The molecule has 0 saturated heterocycles. The molecule has 1 aromatic heterocycles. The van der Waals surface area contributed by atoms with Gasteiger partial charge in [0, 0.05) is 13.6 Å². The number of hydrogen-bond acceptors (Lipinski definition) is 3. The van der Waals surface area contributed by atoms with Crippen LogP contribution < -0.4 is 5.32 Å². The Labute approximate surface area is 117 Å². The normalized spacial score (nSPS) is 10.9. The number of anilines is 1. The fraction of sp³-hybridized carbons (Fsp3) is 0.188. The third-order valence-corrected chi connectivity index (χ3v) is 3.41. The Morgan fingerprint density at radius 2 is 1.90 bits per heavy atom. The fourth-order valence-electron chi connectivity index (χ4n) is 2.32. The Morgan fingerprint density at radius 1 is 1.10 bits per heavy atom. The maximum atomic E-state index is 9.15. The smallest absolute Gasteiger partial charge is 0.203 e. The van der Waals surface area contributed by atoms with Crippen molar-refractivity contribution in [2.45, 2.75) is 13.2 Å². The van der Waals surface area contributed by atoms with Crippen LogP contribution in [0.2, 0.25) is 0 Å². The molecule has 3 rings (SSSR count). The molecule has 0 saturated carbocycles. The second kappa shape index (κ2) is 5.35. The molecule has 0 atom stereocenters. The molecule has 2 aromatic carbocycles. The number of rotatable bonds is 4. The van der Waals surface area contributed by atoms with Gasteiger partial charge in [-0.1, -0.05) is 36.4 Å². The summed E-state index contributed by atoms with van der Waals surface area (Å²) in [5.41, 5.74) is 4.15. The lowest BCUT2D eigenvalue weighted by molar-refractivity contribution is 0.281. The predicted octanol–water partition coefficient (Wildman–Crippen LogP) is 2.68. The van der Waals surface area contributed by atoms with Crippen molar-refractivity contribution in [3.8, 4) is 0 Å². The van der Waals surface area contributed by atoms with Gasteiger partial charge in [0.25, 0.3) is 0 Å². The van der Waals surface area contributed by atoms with Gasteiger partial charge in [0.1, 0.15) is 0 Å². The monoisotopic (exact) mass is 267 g/mol. The van der Waals surface area contributed by atoms with E-state index >= 15 is 0 Å². The number of aliphatic hydroxyl groups excluding tert-OH is 1. The maximum absolute atomic E-state index is 9.15. The molecule has 102 valence electrons. The van der Waals surface area contributed by atoms with E-state index in [9.17, 15) is 0 Å². The van der Waals surface area contributed by atoms with E-state index in [4.69, 9.17) is 5.11 Å². The van der Waals surface area contributed by atoms with Crippen molar-refractivity contribution < 1.29 is 5.11 Å². The quantitative estimate of drug-likeness (QED) is 0.764. The number of nitrogens with zero attached hydrogens (tertiary/aromatic N) is 2. The zero-order valence-electron chi connectivity index (χ0n) is 11.4. The van der Waals surface area contributed by atoms with Crippen LogP contribution in [0.25, 0.3) is 11.0 Å². The summed E-state index contributed by atoms with van der Waals surface area (Å²) in [6.45, 7) is 0.755. The highest BCUT2D eigenvalue weighted by Crippen LogP contribution is 2.18. The third-order valence-electron chi connectivity index (χ3n) is 3.41. The summed E-state index contributed by atoms with van der Waals surface area (Å²) in [5, 5.41) is 12.5. The van der Waals surface area contributed by atoms with Crippen molar-refractivity contribution in [3.05, 3.63) is 59.7 Å². The van der Waals surface area contributed by atoms with Crippen LogP contribution in [0.1, 0.15) is 11.1 Å². The van der Waals surface area contributed by atoms with Gasteiger partial charge in [-0.15, -0.1) is 0 Å². The van der Waals surface area contributed by atoms with Gasteiger partial charge >= 0.3 is 0 Å².